The van der Waals surface area contributed by atoms with Gasteiger partial charge in [0.25, 0.3) is 5.91 Å². The van der Waals surface area contributed by atoms with Crippen molar-refractivity contribution in [3.63, 3.8) is 0 Å². The average molecular weight is 413 g/mol. The van der Waals surface area contributed by atoms with Gasteiger partial charge < -0.3 is 20.9 Å². The number of hydrogen-bond acceptors (Lipinski definition) is 5. The monoisotopic (exact) mass is 412 g/mol. The molecule has 1 aliphatic heterocycles. The molecule has 0 spiro atoms. The van der Waals surface area contributed by atoms with Crippen molar-refractivity contribution in [3.8, 4) is 0 Å². The summed E-state index contributed by atoms with van der Waals surface area (Å²) in [4.78, 5) is 26.9. The van der Waals surface area contributed by atoms with Crippen molar-refractivity contribution in [1.82, 2.24) is 20.3 Å². The number of nitrogens with one attached hydrogen (secondary N) is 2. The number of carbonyl (C=O) groups is 1. The molecule has 1 aliphatic rings. The standard InChI is InChI=1S/C21H25ClN6O/c1-3-14-9-24-18-16(14)19(27-12-26-18)28-8-7-21(23,11-28)10-25-20(29)15-6-4-5-13(2)17(15)22/h4-6,9,12H,3,7-8,10-11,23H2,1-2H3,(H,25,29)(H,24,26,27)/t21-/m0/s1. The molecule has 29 heavy (non-hydrogen) atoms. The first kappa shape index (κ1) is 19.7. The number of aryl methyl sites for hydroxylation is 2. The highest BCUT2D eigenvalue weighted by atomic mass is 35.5. The van der Waals surface area contributed by atoms with Gasteiger partial charge in [-0.3, -0.25) is 4.79 Å². The SMILES string of the molecule is CCc1c[nH]c2ncnc(N3CC[C@](N)(CNC(=O)c4cccc(C)c4Cl)C3)c12. The Labute approximate surface area is 174 Å². The summed E-state index contributed by atoms with van der Waals surface area (Å²) in [6.07, 6.45) is 5.22. The lowest BCUT2D eigenvalue weighted by Crippen LogP contribution is -2.52. The van der Waals surface area contributed by atoms with E-state index in [-0.39, 0.29) is 5.91 Å². The Hall–Kier alpha value is -2.64. The van der Waals surface area contributed by atoms with E-state index in [1.165, 1.54) is 5.56 Å². The van der Waals surface area contributed by atoms with Crippen molar-refractivity contribution >= 4 is 34.4 Å². The van der Waals surface area contributed by atoms with Gasteiger partial charge in [0.15, 0.2) is 0 Å². The fourth-order valence-corrected chi connectivity index (χ4v) is 4.13. The molecular weight excluding hydrogens is 388 g/mol. The normalized spacial score (nSPS) is 19.1. The molecule has 4 N–H and O–H groups in total. The van der Waals surface area contributed by atoms with E-state index in [0.29, 0.717) is 23.7 Å². The van der Waals surface area contributed by atoms with Crippen LogP contribution in [0.15, 0.2) is 30.7 Å². The summed E-state index contributed by atoms with van der Waals surface area (Å²) in [6, 6.07) is 5.44. The highest BCUT2D eigenvalue weighted by molar-refractivity contribution is 6.34. The summed E-state index contributed by atoms with van der Waals surface area (Å²) in [5.74, 6) is 0.693. The molecule has 1 amide bonds. The molecule has 1 aromatic carbocycles. The minimum Gasteiger partial charge on any atom is -0.354 e. The van der Waals surface area contributed by atoms with E-state index in [1.807, 2.05) is 25.3 Å². The van der Waals surface area contributed by atoms with Crippen molar-refractivity contribution in [2.45, 2.75) is 32.2 Å². The minimum atomic E-state index is -0.536. The summed E-state index contributed by atoms with van der Waals surface area (Å²) in [5, 5.41) is 4.49. The molecule has 1 atom stereocenters. The highest BCUT2D eigenvalue weighted by Gasteiger charge is 2.36. The maximum atomic E-state index is 12.6. The van der Waals surface area contributed by atoms with Crippen LogP contribution < -0.4 is 16.0 Å². The summed E-state index contributed by atoms with van der Waals surface area (Å²) in [5.41, 5.74) is 9.47. The molecule has 4 rings (SSSR count). The highest BCUT2D eigenvalue weighted by Crippen LogP contribution is 2.31. The summed E-state index contributed by atoms with van der Waals surface area (Å²) < 4.78 is 0. The van der Waals surface area contributed by atoms with E-state index in [4.69, 9.17) is 17.3 Å². The van der Waals surface area contributed by atoms with Crippen molar-refractivity contribution in [2.24, 2.45) is 5.73 Å². The predicted molar refractivity (Wildman–Crippen MR) is 116 cm³/mol. The van der Waals surface area contributed by atoms with Gasteiger partial charge in [0.05, 0.1) is 21.5 Å². The molecule has 0 bridgehead atoms. The van der Waals surface area contributed by atoms with Crippen molar-refractivity contribution in [2.75, 3.05) is 24.5 Å². The van der Waals surface area contributed by atoms with Gasteiger partial charge in [-0.2, -0.15) is 0 Å². The second-order valence-electron chi connectivity index (χ2n) is 7.74. The zero-order valence-corrected chi connectivity index (χ0v) is 17.4. The number of carbonyl (C=O) groups excluding carboxylic acids is 1. The first-order chi connectivity index (χ1) is 13.9. The number of nitrogens with zero attached hydrogens (tertiary/aromatic N) is 3. The number of nitrogens with two attached hydrogens (primary N) is 1. The van der Waals surface area contributed by atoms with Crippen LogP contribution in [0.2, 0.25) is 5.02 Å². The van der Waals surface area contributed by atoms with Crippen LogP contribution in [0.3, 0.4) is 0 Å². The molecule has 7 nitrogen and oxygen atoms in total. The third-order valence-corrected chi connectivity index (χ3v) is 6.14. The van der Waals surface area contributed by atoms with Gasteiger partial charge in [0, 0.05) is 25.8 Å². The van der Waals surface area contributed by atoms with E-state index in [0.717, 1.165) is 41.8 Å². The smallest absolute Gasteiger partial charge is 0.252 e. The maximum Gasteiger partial charge on any atom is 0.252 e. The number of aromatic nitrogens is 3. The van der Waals surface area contributed by atoms with E-state index in [1.54, 1.807) is 12.4 Å². The van der Waals surface area contributed by atoms with Crippen LogP contribution in [-0.4, -0.2) is 46.0 Å². The number of fused-ring (bicyclic) bond motifs is 1. The lowest BCUT2D eigenvalue weighted by atomic mass is 10.00. The molecule has 3 aromatic rings. The number of halogens is 1. The number of anilines is 1. The van der Waals surface area contributed by atoms with Gasteiger partial charge >= 0.3 is 0 Å². The Bertz CT molecular complexity index is 1060. The lowest BCUT2D eigenvalue weighted by molar-refractivity contribution is 0.0945. The molecule has 3 heterocycles. The Morgan fingerprint density at radius 2 is 2.24 bits per heavy atom. The van der Waals surface area contributed by atoms with Crippen molar-refractivity contribution in [3.05, 3.63) is 52.4 Å². The van der Waals surface area contributed by atoms with E-state index < -0.39 is 5.54 Å². The largest absolute Gasteiger partial charge is 0.354 e. The Morgan fingerprint density at radius 1 is 1.41 bits per heavy atom. The molecule has 1 saturated heterocycles. The first-order valence-corrected chi connectivity index (χ1v) is 10.2. The summed E-state index contributed by atoms with van der Waals surface area (Å²) >= 11 is 6.28. The van der Waals surface area contributed by atoms with E-state index in [9.17, 15) is 4.79 Å². The quantitative estimate of drug-likeness (QED) is 0.598. The fraction of sp³-hybridized carbons (Fsp3) is 0.381. The Balaban J connectivity index is 1.49. The zero-order valence-electron chi connectivity index (χ0n) is 16.6. The van der Waals surface area contributed by atoms with Gasteiger partial charge in [-0.05, 0) is 37.0 Å². The second-order valence-corrected chi connectivity index (χ2v) is 8.12. The first-order valence-electron chi connectivity index (χ1n) is 9.80. The van der Waals surface area contributed by atoms with Crippen molar-refractivity contribution < 1.29 is 4.79 Å². The molecule has 8 heteroatoms. The van der Waals surface area contributed by atoms with Gasteiger partial charge in [-0.1, -0.05) is 30.7 Å². The topological polar surface area (TPSA) is 99.9 Å². The van der Waals surface area contributed by atoms with Crippen LogP contribution in [0.4, 0.5) is 5.82 Å². The van der Waals surface area contributed by atoms with Crippen LogP contribution >= 0.6 is 11.6 Å². The lowest BCUT2D eigenvalue weighted by Gasteiger charge is -2.26. The van der Waals surface area contributed by atoms with Gasteiger partial charge in [-0.25, -0.2) is 9.97 Å². The number of rotatable bonds is 5. The molecule has 152 valence electrons. The van der Waals surface area contributed by atoms with Crippen LogP contribution in [0.25, 0.3) is 11.0 Å². The molecule has 1 fully saturated rings. The van der Waals surface area contributed by atoms with Gasteiger partial charge in [0.1, 0.15) is 17.8 Å². The summed E-state index contributed by atoms with van der Waals surface area (Å²) in [7, 11) is 0. The van der Waals surface area contributed by atoms with Gasteiger partial charge in [-0.15, -0.1) is 0 Å². The maximum absolute atomic E-state index is 12.6. The van der Waals surface area contributed by atoms with Crippen LogP contribution in [0.5, 0.6) is 0 Å². The van der Waals surface area contributed by atoms with E-state index >= 15 is 0 Å². The van der Waals surface area contributed by atoms with Gasteiger partial charge in [0.2, 0.25) is 0 Å². The fourth-order valence-electron chi connectivity index (χ4n) is 3.92. The van der Waals surface area contributed by atoms with Crippen LogP contribution in [0, 0.1) is 6.92 Å². The van der Waals surface area contributed by atoms with Crippen molar-refractivity contribution in [1.29, 1.82) is 0 Å². The minimum absolute atomic E-state index is 0.203. The number of aromatic amines is 1. The molecule has 0 aliphatic carbocycles. The Morgan fingerprint density at radius 3 is 3.03 bits per heavy atom. The molecule has 0 saturated carbocycles. The number of hydrogen-bond donors (Lipinski definition) is 3. The zero-order chi connectivity index (χ0) is 20.6. The number of benzene rings is 1. The molecule has 2 aromatic heterocycles. The number of amides is 1. The molecule has 0 unspecified atom stereocenters. The van der Waals surface area contributed by atoms with Crippen LogP contribution in [-0.2, 0) is 6.42 Å². The molecule has 0 radical (unpaired) electrons. The predicted octanol–water partition coefficient (Wildman–Crippen LogP) is 2.82. The average Bonchev–Trinajstić information content (AvgIpc) is 3.32. The second kappa shape index (κ2) is 7.65. The van der Waals surface area contributed by atoms with Crippen LogP contribution in [0.1, 0.15) is 34.8 Å². The third-order valence-electron chi connectivity index (χ3n) is 5.63. The third kappa shape index (κ3) is 3.68. The summed E-state index contributed by atoms with van der Waals surface area (Å²) in [6.45, 7) is 5.75. The van der Waals surface area contributed by atoms with E-state index in [2.05, 4.69) is 32.1 Å². The Kier molecular flexibility index (Phi) is 5.19. The molecular formula is C21H25ClN6O. The number of H-pyrrole nitrogens is 1.